The second-order valence-electron chi connectivity index (χ2n) is 4.21. The number of H-pyrrole nitrogens is 1. The molecule has 0 spiro atoms. The molecule has 2 heterocycles. The van der Waals surface area contributed by atoms with E-state index in [4.69, 9.17) is 9.84 Å². The molecule has 1 aromatic heterocycles. The number of rotatable bonds is 4. The van der Waals surface area contributed by atoms with Gasteiger partial charge in [0, 0.05) is 48.7 Å². The third-order valence-corrected chi connectivity index (χ3v) is 2.73. The quantitative estimate of drug-likeness (QED) is 0.705. The first-order valence-corrected chi connectivity index (χ1v) is 5.83. The number of hydrogen-bond acceptors (Lipinski definition) is 5. The van der Waals surface area contributed by atoms with Gasteiger partial charge in [-0.05, 0) is 0 Å². The number of carboxylic acid groups (broad SMARTS) is 1. The van der Waals surface area contributed by atoms with Crippen molar-refractivity contribution >= 4 is 41.3 Å². The van der Waals surface area contributed by atoms with Gasteiger partial charge in [-0.2, -0.15) is 0 Å². The number of alkyl halides is 1. The van der Waals surface area contributed by atoms with Gasteiger partial charge in [0.2, 0.25) is 0 Å². The molecule has 0 saturated carbocycles. The van der Waals surface area contributed by atoms with Crippen LogP contribution in [0.4, 0.5) is 10.2 Å². The van der Waals surface area contributed by atoms with Crippen LogP contribution in [0.2, 0.25) is 0 Å². The van der Waals surface area contributed by atoms with Crippen LogP contribution in [0.25, 0.3) is 0 Å². The predicted molar refractivity (Wildman–Crippen MR) is 69.9 cm³/mol. The fraction of sp³-hybridized carbons (Fsp3) is 0.545. The monoisotopic (exact) mass is 294 g/mol. The minimum Gasteiger partial charge on any atom is -0.481 e. The van der Waals surface area contributed by atoms with Crippen molar-refractivity contribution in [3.63, 3.8) is 0 Å². The Bertz CT molecular complexity index is 525. The standard InChI is InChI=1S/C11H14FN3O4.Na/c12-5-7-6-15(1-2-19-7)9-4-10(16)14-8(13-9)3-11(17)18;/h4,7H,1-3,5-6H2,(H,17,18)(H,13,14,16);. The van der Waals surface area contributed by atoms with Gasteiger partial charge in [-0.3, -0.25) is 9.59 Å². The first-order chi connectivity index (χ1) is 9.08. The number of ether oxygens (including phenoxy) is 1. The number of hydrogen-bond donors (Lipinski definition) is 2. The number of nitrogens with zero attached hydrogens (tertiary/aromatic N) is 2. The molecule has 1 saturated heterocycles. The molecule has 0 amide bonds. The summed E-state index contributed by atoms with van der Waals surface area (Å²) in [6, 6.07) is 1.27. The summed E-state index contributed by atoms with van der Waals surface area (Å²) < 4.78 is 17.8. The molecule has 9 heteroatoms. The molecule has 1 aliphatic rings. The van der Waals surface area contributed by atoms with E-state index in [0.29, 0.717) is 25.5 Å². The Morgan fingerprint density at radius 2 is 2.40 bits per heavy atom. The van der Waals surface area contributed by atoms with E-state index in [1.165, 1.54) is 6.07 Å². The van der Waals surface area contributed by atoms with Crippen LogP contribution in [-0.2, 0) is 16.0 Å². The van der Waals surface area contributed by atoms with Crippen molar-refractivity contribution in [3.05, 3.63) is 22.2 Å². The molecule has 1 unspecified atom stereocenters. The van der Waals surface area contributed by atoms with Crippen molar-refractivity contribution in [2.45, 2.75) is 12.5 Å². The summed E-state index contributed by atoms with van der Waals surface area (Å²) in [6.07, 6.45) is -0.905. The number of aromatic nitrogens is 2. The van der Waals surface area contributed by atoms with Crippen molar-refractivity contribution in [2.24, 2.45) is 0 Å². The maximum atomic E-state index is 12.6. The largest absolute Gasteiger partial charge is 0.481 e. The van der Waals surface area contributed by atoms with Crippen LogP contribution in [0, 0.1) is 0 Å². The summed E-state index contributed by atoms with van der Waals surface area (Å²) in [4.78, 5) is 30.2. The number of aliphatic carboxylic acids is 1. The third kappa shape index (κ3) is 4.55. The number of aromatic amines is 1. The Hall–Kier alpha value is -0.960. The number of anilines is 1. The zero-order chi connectivity index (χ0) is 13.8. The van der Waals surface area contributed by atoms with Crippen molar-refractivity contribution in [2.75, 3.05) is 31.3 Å². The molecule has 1 atom stereocenters. The van der Waals surface area contributed by atoms with E-state index in [1.54, 1.807) is 4.90 Å². The van der Waals surface area contributed by atoms with Gasteiger partial charge in [0.05, 0.1) is 6.61 Å². The predicted octanol–water partition coefficient (Wildman–Crippen LogP) is -0.809. The van der Waals surface area contributed by atoms with E-state index in [1.807, 2.05) is 0 Å². The normalized spacial score (nSPS) is 18.4. The molecule has 20 heavy (non-hydrogen) atoms. The average molecular weight is 294 g/mol. The van der Waals surface area contributed by atoms with Crippen LogP contribution in [0.5, 0.6) is 0 Å². The first kappa shape index (κ1) is 17.1. The van der Waals surface area contributed by atoms with Gasteiger partial charge in [0.15, 0.2) is 0 Å². The summed E-state index contributed by atoms with van der Waals surface area (Å²) in [7, 11) is 0. The third-order valence-electron chi connectivity index (χ3n) is 2.73. The molecule has 1 fully saturated rings. The fourth-order valence-electron chi connectivity index (χ4n) is 1.90. The Morgan fingerprint density at radius 1 is 1.65 bits per heavy atom. The molecular weight excluding hydrogens is 280 g/mol. The maximum absolute atomic E-state index is 12.6. The van der Waals surface area contributed by atoms with E-state index in [2.05, 4.69) is 9.97 Å². The van der Waals surface area contributed by atoms with Gasteiger partial charge in [0.1, 0.15) is 30.8 Å². The summed E-state index contributed by atoms with van der Waals surface area (Å²) in [6.45, 7) is 0.512. The van der Waals surface area contributed by atoms with Gasteiger partial charge in [-0.25, -0.2) is 9.37 Å². The summed E-state index contributed by atoms with van der Waals surface area (Å²) in [5.41, 5.74) is -0.426. The Balaban J connectivity index is 0.00000200. The number of nitrogens with one attached hydrogen (secondary N) is 1. The topological polar surface area (TPSA) is 95.5 Å². The summed E-state index contributed by atoms with van der Waals surface area (Å²) in [5, 5.41) is 8.69. The SMILES string of the molecule is O=C(O)Cc1nc(N2CCOC(CF)C2)cc(=O)[nH]1.[Na]. The summed E-state index contributed by atoms with van der Waals surface area (Å²) in [5.74, 6) is -0.649. The van der Waals surface area contributed by atoms with Gasteiger partial charge in [-0.15, -0.1) is 0 Å². The van der Waals surface area contributed by atoms with Crippen LogP contribution in [0.1, 0.15) is 5.82 Å². The fourth-order valence-corrected chi connectivity index (χ4v) is 1.90. The van der Waals surface area contributed by atoms with E-state index < -0.39 is 24.3 Å². The van der Waals surface area contributed by atoms with E-state index in [0.717, 1.165) is 0 Å². The van der Waals surface area contributed by atoms with Crippen molar-refractivity contribution in [1.82, 2.24) is 9.97 Å². The second-order valence-corrected chi connectivity index (χ2v) is 4.21. The Labute approximate surface area is 136 Å². The smallest absolute Gasteiger partial charge is 0.311 e. The van der Waals surface area contributed by atoms with Crippen molar-refractivity contribution in [1.29, 1.82) is 0 Å². The molecule has 1 aliphatic heterocycles. The molecule has 1 radical (unpaired) electrons. The second kappa shape index (κ2) is 7.72. The summed E-state index contributed by atoms with van der Waals surface area (Å²) >= 11 is 0. The zero-order valence-electron chi connectivity index (χ0n) is 11.1. The van der Waals surface area contributed by atoms with E-state index >= 15 is 0 Å². The average Bonchev–Trinajstić information content (AvgIpc) is 2.37. The van der Waals surface area contributed by atoms with E-state index in [9.17, 15) is 14.0 Å². The van der Waals surface area contributed by atoms with Gasteiger partial charge in [0.25, 0.3) is 5.56 Å². The number of morpholine rings is 1. The van der Waals surface area contributed by atoms with Crippen LogP contribution < -0.4 is 10.5 Å². The number of carbonyl (C=O) groups is 1. The van der Waals surface area contributed by atoms with Gasteiger partial charge < -0.3 is 19.7 Å². The molecule has 7 nitrogen and oxygen atoms in total. The van der Waals surface area contributed by atoms with E-state index in [-0.39, 0.29) is 41.8 Å². The van der Waals surface area contributed by atoms with Gasteiger partial charge in [-0.1, -0.05) is 0 Å². The first-order valence-electron chi connectivity index (χ1n) is 5.83. The van der Waals surface area contributed by atoms with Crippen molar-refractivity contribution in [3.8, 4) is 0 Å². The Kier molecular flexibility index (Phi) is 6.60. The molecular formula is C11H14FN3NaO4. The van der Waals surface area contributed by atoms with Crippen LogP contribution >= 0.6 is 0 Å². The molecule has 2 rings (SSSR count). The van der Waals surface area contributed by atoms with Gasteiger partial charge >= 0.3 is 5.97 Å². The molecule has 0 aliphatic carbocycles. The minimum absolute atomic E-state index is 0. The molecule has 105 valence electrons. The molecule has 1 aromatic rings. The maximum Gasteiger partial charge on any atom is 0.311 e. The number of carboxylic acids is 1. The zero-order valence-corrected chi connectivity index (χ0v) is 13.1. The van der Waals surface area contributed by atoms with Crippen LogP contribution in [0.3, 0.4) is 0 Å². The van der Waals surface area contributed by atoms with Crippen LogP contribution in [0.15, 0.2) is 10.9 Å². The Morgan fingerprint density at radius 3 is 3.05 bits per heavy atom. The van der Waals surface area contributed by atoms with Crippen LogP contribution in [-0.4, -0.2) is 83.1 Å². The van der Waals surface area contributed by atoms with Crippen molar-refractivity contribution < 1.29 is 19.0 Å². The minimum atomic E-state index is -1.08. The molecule has 0 aromatic carbocycles. The molecule has 2 N–H and O–H groups in total. The number of halogens is 1. The molecule has 0 bridgehead atoms.